The Balaban J connectivity index is 2.62. The smallest absolute Gasteiger partial charge is 0.278 e. The molecule has 1 fully saturated rings. The van der Waals surface area contributed by atoms with E-state index >= 15 is 0 Å². The fourth-order valence-electron chi connectivity index (χ4n) is 2.05. The molecule has 0 aromatic carbocycles. The molecule has 1 saturated heterocycles. The molecule has 0 spiro atoms. The third-order valence-electron chi connectivity index (χ3n) is 3.02. The fraction of sp³-hybridized carbons (Fsp3) is 0.909. The molecule has 1 aliphatic heterocycles. The Bertz CT molecular complexity index is 236. The van der Waals surface area contributed by atoms with Crippen LogP contribution in [-0.4, -0.2) is 52.0 Å². The van der Waals surface area contributed by atoms with Crippen LogP contribution in [0, 0.1) is 0 Å². The lowest BCUT2D eigenvalue weighted by Gasteiger charge is -2.22. The van der Waals surface area contributed by atoms with Gasteiger partial charge >= 0.3 is 0 Å². The summed E-state index contributed by atoms with van der Waals surface area (Å²) in [6.07, 6.45) is 0. The molecule has 16 heavy (non-hydrogen) atoms. The summed E-state index contributed by atoms with van der Waals surface area (Å²) in [7, 11) is 2.89. The summed E-state index contributed by atoms with van der Waals surface area (Å²) in [5.41, 5.74) is 1.25. The summed E-state index contributed by atoms with van der Waals surface area (Å²) in [5.74, 6) is 0.971. The average Bonchev–Trinajstić information content (AvgIpc) is 2.47. The number of hydrogen-bond acceptors (Lipinski definition) is 2. The van der Waals surface area contributed by atoms with Gasteiger partial charge in [-0.3, -0.25) is 0 Å². The maximum atomic E-state index is 5.83. The van der Waals surface area contributed by atoms with E-state index in [-0.39, 0.29) is 0 Å². The standard InChI is InChI=1S/C11H25N3OSi/c1-9(2)16(10(3)4)15-12-11-13(5)7-8-14(11)6/h9-10,16H,7-8H2,1-6H3. The highest BCUT2D eigenvalue weighted by Crippen LogP contribution is 2.21. The van der Waals surface area contributed by atoms with Crippen LogP contribution >= 0.6 is 0 Å². The molecule has 0 aliphatic carbocycles. The maximum absolute atomic E-state index is 5.83. The zero-order valence-electron chi connectivity index (χ0n) is 11.4. The van der Waals surface area contributed by atoms with Gasteiger partial charge in [0.25, 0.3) is 9.04 Å². The molecular formula is C11H25N3OSi. The summed E-state index contributed by atoms with van der Waals surface area (Å²) < 4.78 is 5.83. The van der Waals surface area contributed by atoms with E-state index in [0.717, 1.165) is 19.0 Å². The molecule has 0 atom stereocenters. The van der Waals surface area contributed by atoms with Crippen molar-refractivity contribution in [3.63, 3.8) is 0 Å². The Hall–Kier alpha value is -0.713. The van der Waals surface area contributed by atoms with Crippen LogP contribution in [0.25, 0.3) is 0 Å². The summed E-state index contributed by atoms with van der Waals surface area (Å²) in [6, 6.07) is 0. The molecule has 1 rings (SSSR count). The van der Waals surface area contributed by atoms with Crippen LogP contribution < -0.4 is 0 Å². The normalized spacial score (nSPS) is 16.9. The van der Waals surface area contributed by atoms with E-state index in [1.165, 1.54) is 0 Å². The summed E-state index contributed by atoms with van der Waals surface area (Å²) in [6.45, 7) is 11.0. The molecule has 5 heteroatoms. The number of hydrogen-bond donors (Lipinski definition) is 0. The zero-order valence-corrected chi connectivity index (χ0v) is 12.6. The fourth-order valence-corrected chi connectivity index (χ4v) is 4.29. The van der Waals surface area contributed by atoms with Crippen LogP contribution in [0.3, 0.4) is 0 Å². The average molecular weight is 243 g/mol. The molecular weight excluding hydrogens is 218 g/mol. The van der Waals surface area contributed by atoms with Gasteiger partial charge in [-0.15, -0.1) is 0 Å². The number of nitrogens with zero attached hydrogens (tertiary/aromatic N) is 3. The summed E-state index contributed by atoms with van der Waals surface area (Å²) in [5, 5.41) is 4.36. The molecule has 1 heterocycles. The van der Waals surface area contributed by atoms with Crippen molar-refractivity contribution in [3.8, 4) is 0 Å². The molecule has 0 bridgehead atoms. The van der Waals surface area contributed by atoms with E-state index in [9.17, 15) is 0 Å². The lowest BCUT2D eigenvalue weighted by molar-refractivity contribution is 0.313. The van der Waals surface area contributed by atoms with E-state index in [2.05, 4.69) is 56.7 Å². The Morgan fingerprint density at radius 3 is 1.88 bits per heavy atom. The van der Waals surface area contributed by atoms with Crippen molar-refractivity contribution in [2.75, 3.05) is 27.2 Å². The molecule has 0 unspecified atom stereocenters. The monoisotopic (exact) mass is 243 g/mol. The molecule has 0 amide bonds. The van der Waals surface area contributed by atoms with Gasteiger partial charge in [-0.1, -0.05) is 32.9 Å². The van der Waals surface area contributed by atoms with Crippen molar-refractivity contribution < 1.29 is 4.53 Å². The maximum Gasteiger partial charge on any atom is 0.278 e. The molecule has 94 valence electrons. The van der Waals surface area contributed by atoms with Crippen molar-refractivity contribution >= 4 is 15.0 Å². The first-order valence-electron chi connectivity index (χ1n) is 6.09. The van der Waals surface area contributed by atoms with Crippen molar-refractivity contribution in [1.82, 2.24) is 9.80 Å². The van der Waals surface area contributed by atoms with Crippen LogP contribution in [0.1, 0.15) is 27.7 Å². The lowest BCUT2D eigenvalue weighted by Crippen LogP contribution is -2.31. The predicted molar refractivity (Wildman–Crippen MR) is 71.1 cm³/mol. The zero-order chi connectivity index (χ0) is 12.3. The molecule has 0 aromatic rings. The summed E-state index contributed by atoms with van der Waals surface area (Å²) >= 11 is 0. The van der Waals surface area contributed by atoms with Gasteiger partial charge in [0.1, 0.15) is 0 Å². The second-order valence-corrected chi connectivity index (χ2v) is 9.10. The topological polar surface area (TPSA) is 28.1 Å². The minimum atomic E-state index is -1.23. The first kappa shape index (κ1) is 13.4. The Kier molecular flexibility index (Phi) is 4.65. The van der Waals surface area contributed by atoms with E-state index in [1.807, 2.05) is 0 Å². The minimum Gasteiger partial charge on any atom is -0.455 e. The van der Waals surface area contributed by atoms with Gasteiger partial charge in [0.05, 0.1) is 0 Å². The number of oxime groups is 1. The summed E-state index contributed by atoms with van der Waals surface area (Å²) in [4.78, 5) is 4.29. The van der Waals surface area contributed by atoms with Crippen molar-refractivity contribution in [3.05, 3.63) is 0 Å². The highest BCUT2D eigenvalue weighted by molar-refractivity contribution is 6.54. The van der Waals surface area contributed by atoms with Crippen LogP contribution in [0.4, 0.5) is 0 Å². The first-order chi connectivity index (χ1) is 7.43. The second-order valence-electron chi connectivity index (χ2n) is 5.29. The SMILES string of the molecule is CC(C)[SiH](ON=C1N(C)CCN1C)C(C)C. The quantitative estimate of drug-likeness (QED) is 0.556. The van der Waals surface area contributed by atoms with E-state index in [0.29, 0.717) is 11.1 Å². The Morgan fingerprint density at radius 1 is 1.06 bits per heavy atom. The van der Waals surface area contributed by atoms with E-state index < -0.39 is 9.04 Å². The van der Waals surface area contributed by atoms with Crippen molar-refractivity contribution in [1.29, 1.82) is 0 Å². The number of guanidine groups is 1. The van der Waals surface area contributed by atoms with E-state index in [1.54, 1.807) is 0 Å². The van der Waals surface area contributed by atoms with Crippen LogP contribution in [0.2, 0.25) is 11.1 Å². The van der Waals surface area contributed by atoms with Crippen molar-refractivity contribution in [2.24, 2.45) is 5.16 Å². The third-order valence-corrected chi connectivity index (χ3v) is 6.00. The highest BCUT2D eigenvalue weighted by atomic mass is 28.3. The van der Waals surface area contributed by atoms with Crippen molar-refractivity contribution in [2.45, 2.75) is 38.8 Å². The van der Waals surface area contributed by atoms with Gasteiger partial charge in [0.2, 0.25) is 5.96 Å². The van der Waals surface area contributed by atoms with Gasteiger partial charge in [-0.2, -0.15) is 0 Å². The number of rotatable bonds is 4. The minimum absolute atomic E-state index is 0.626. The largest absolute Gasteiger partial charge is 0.455 e. The van der Waals surface area contributed by atoms with E-state index in [4.69, 9.17) is 4.53 Å². The Morgan fingerprint density at radius 2 is 1.50 bits per heavy atom. The number of likely N-dealkylation sites (N-methyl/N-ethyl adjacent to an activating group) is 2. The van der Waals surface area contributed by atoms with Gasteiger partial charge in [0.15, 0.2) is 0 Å². The van der Waals surface area contributed by atoms with Gasteiger partial charge in [-0.05, 0) is 11.1 Å². The van der Waals surface area contributed by atoms with Crippen LogP contribution in [0.15, 0.2) is 5.16 Å². The molecule has 0 aromatic heterocycles. The molecule has 4 nitrogen and oxygen atoms in total. The Labute approximate surface area is 101 Å². The predicted octanol–water partition coefficient (Wildman–Crippen LogP) is 1.70. The van der Waals surface area contributed by atoms with Crippen LogP contribution in [0.5, 0.6) is 0 Å². The molecule has 0 N–H and O–H groups in total. The van der Waals surface area contributed by atoms with Gasteiger partial charge in [0, 0.05) is 27.2 Å². The molecule has 0 saturated carbocycles. The van der Waals surface area contributed by atoms with Gasteiger partial charge in [-0.25, -0.2) is 0 Å². The third kappa shape index (κ3) is 3.14. The van der Waals surface area contributed by atoms with Crippen LogP contribution in [-0.2, 0) is 4.53 Å². The first-order valence-corrected chi connectivity index (χ1v) is 7.90. The highest BCUT2D eigenvalue weighted by Gasteiger charge is 2.25. The lowest BCUT2D eigenvalue weighted by atomic mass is 10.5. The second kappa shape index (κ2) is 5.57. The molecule has 0 radical (unpaired) electrons. The van der Waals surface area contributed by atoms with Gasteiger partial charge < -0.3 is 14.3 Å². The molecule has 1 aliphatic rings.